The number of carbonyl (C=O) groups excluding carboxylic acids is 1. The maximum absolute atomic E-state index is 12.4. The van der Waals surface area contributed by atoms with Gasteiger partial charge < -0.3 is 34.5 Å². The number of carbonyl (C=O) groups is 1. The first-order valence-electron chi connectivity index (χ1n) is 11.2. The Kier molecular flexibility index (Phi) is 8.88. The van der Waals surface area contributed by atoms with Crippen LogP contribution in [0.5, 0.6) is 5.75 Å². The van der Waals surface area contributed by atoms with E-state index in [0.29, 0.717) is 5.75 Å². The lowest BCUT2D eigenvalue weighted by atomic mass is 9.96. The van der Waals surface area contributed by atoms with Crippen LogP contribution in [0.3, 0.4) is 0 Å². The van der Waals surface area contributed by atoms with E-state index in [9.17, 15) is 19.8 Å². The molecule has 0 aliphatic carbocycles. The van der Waals surface area contributed by atoms with Gasteiger partial charge in [-0.1, -0.05) is 18.2 Å². The molecule has 1 aliphatic heterocycles. The van der Waals surface area contributed by atoms with Gasteiger partial charge in [-0.2, -0.15) is 4.98 Å². The normalized spacial score (nSPS) is 26.4. The van der Waals surface area contributed by atoms with Crippen molar-refractivity contribution in [2.75, 3.05) is 12.3 Å². The van der Waals surface area contributed by atoms with E-state index in [4.69, 9.17) is 36.1 Å². The summed E-state index contributed by atoms with van der Waals surface area (Å²) in [7, 11) is 0. The number of nitrogen functional groups attached to an aromatic ring is 1. The van der Waals surface area contributed by atoms with Crippen LogP contribution in [-0.4, -0.2) is 62.3 Å². The van der Waals surface area contributed by atoms with Gasteiger partial charge in [-0.05, 0) is 57.7 Å². The minimum Gasteiger partial charge on any atom is -0.462 e. The van der Waals surface area contributed by atoms with Gasteiger partial charge in [-0.3, -0.25) is 9.36 Å². The number of esters is 1. The molecule has 2 aromatic rings. The number of nitrogens with zero attached hydrogens (tertiary/aromatic N) is 2. The fourth-order valence-corrected chi connectivity index (χ4v) is 5.91. The van der Waals surface area contributed by atoms with E-state index in [-0.39, 0.29) is 18.5 Å². The molecule has 36 heavy (non-hydrogen) atoms. The zero-order chi connectivity index (χ0) is 26.7. The summed E-state index contributed by atoms with van der Waals surface area (Å²) in [5, 5.41) is 24.6. The smallest absolute Gasteiger partial charge is 0.351 e. The lowest BCUT2D eigenvalue weighted by Gasteiger charge is -2.28. The molecule has 5 N–H and O–H groups in total. The molecule has 0 radical (unpaired) electrons. The summed E-state index contributed by atoms with van der Waals surface area (Å²) in [6.07, 6.45) is -2.86. The van der Waals surface area contributed by atoms with E-state index in [1.807, 2.05) is 0 Å². The number of hydrogen-bond acceptors (Lipinski definition) is 11. The van der Waals surface area contributed by atoms with E-state index in [1.165, 1.54) is 19.2 Å². The van der Waals surface area contributed by atoms with Gasteiger partial charge in [0.1, 0.15) is 35.4 Å². The Morgan fingerprint density at radius 1 is 1.33 bits per heavy atom. The number of aliphatic hydroxyl groups excluding tert-OH is 1. The SMILES string of the molecule is CC(C)OC(=O)C(C)NP(=S)(OC[C@H]1O[C@@H](n2ccc(N)nc2=O)C(C)(O)C1O)Oc1ccccc1. The van der Waals surface area contributed by atoms with Crippen molar-refractivity contribution in [2.45, 2.75) is 63.9 Å². The molecule has 1 aromatic carbocycles. The standard InChI is InChI=1S/C22H31N4O8PS/c1-13(2)32-19(28)14(3)25-35(36,34-15-8-6-5-7-9-15)31-12-16-18(27)22(4,30)20(33-16)26-11-10-17(23)24-21(26)29/h5-11,13-14,16,18,20,27,30H,12H2,1-4H3,(H,25,36)(H2,23,24,29)/t14?,16-,18?,20-,22?,35?/m1/s1. The van der Waals surface area contributed by atoms with Gasteiger partial charge in [-0.25, -0.2) is 9.88 Å². The summed E-state index contributed by atoms with van der Waals surface area (Å²) in [6, 6.07) is 9.13. The number of anilines is 1. The Labute approximate surface area is 213 Å². The van der Waals surface area contributed by atoms with Crippen LogP contribution in [0.4, 0.5) is 5.82 Å². The Hall–Kier alpha value is -2.38. The molecule has 0 spiro atoms. The van der Waals surface area contributed by atoms with Crippen molar-refractivity contribution in [1.82, 2.24) is 14.6 Å². The van der Waals surface area contributed by atoms with E-state index in [1.54, 1.807) is 51.1 Å². The van der Waals surface area contributed by atoms with Crippen molar-refractivity contribution in [3.63, 3.8) is 0 Å². The highest BCUT2D eigenvalue weighted by Gasteiger charge is 2.54. The van der Waals surface area contributed by atoms with Gasteiger partial charge >= 0.3 is 18.3 Å². The van der Waals surface area contributed by atoms with Crippen molar-refractivity contribution in [3.8, 4) is 5.75 Å². The van der Waals surface area contributed by atoms with Gasteiger partial charge in [0.25, 0.3) is 0 Å². The number of hydrogen-bond donors (Lipinski definition) is 4. The first kappa shape index (κ1) is 28.2. The highest BCUT2D eigenvalue weighted by molar-refractivity contribution is 8.09. The summed E-state index contributed by atoms with van der Waals surface area (Å²) >= 11 is 5.65. The minimum atomic E-state index is -3.41. The summed E-state index contributed by atoms with van der Waals surface area (Å²) in [4.78, 5) is 28.3. The summed E-state index contributed by atoms with van der Waals surface area (Å²) < 4.78 is 23.9. The first-order chi connectivity index (χ1) is 16.8. The molecule has 0 bridgehead atoms. The van der Waals surface area contributed by atoms with E-state index in [2.05, 4.69) is 10.1 Å². The maximum atomic E-state index is 12.4. The molecule has 1 fully saturated rings. The lowest BCUT2D eigenvalue weighted by molar-refractivity contribution is -0.149. The van der Waals surface area contributed by atoms with E-state index in [0.717, 1.165) is 4.57 Å². The predicted molar refractivity (Wildman–Crippen MR) is 135 cm³/mol. The third kappa shape index (κ3) is 6.68. The van der Waals surface area contributed by atoms with Crippen molar-refractivity contribution in [2.24, 2.45) is 0 Å². The number of ether oxygens (including phenoxy) is 2. The van der Waals surface area contributed by atoms with Gasteiger partial charge in [0.2, 0.25) is 0 Å². The van der Waals surface area contributed by atoms with Crippen molar-refractivity contribution < 1.29 is 33.5 Å². The monoisotopic (exact) mass is 542 g/mol. The fraction of sp³-hybridized carbons (Fsp3) is 0.500. The van der Waals surface area contributed by atoms with Crippen LogP contribution in [-0.2, 0) is 30.6 Å². The number of nitrogens with two attached hydrogens (primary N) is 1. The molecule has 14 heteroatoms. The largest absolute Gasteiger partial charge is 0.462 e. The number of para-hydroxylation sites is 1. The average molecular weight is 543 g/mol. The second-order valence-corrected chi connectivity index (χ2v) is 11.9. The predicted octanol–water partition coefficient (Wildman–Crippen LogP) is 1.08. The second kappa shape index (κ2) is 11.3. The first-order valence-corrected chi connectivity index (χ1v) is 13.8. The number of rotatable bonds is 10. The molecular formula is C22H31N4O8PS. The fourth-order valence-electron chi connectivity index (χ4n) is 3.49. The zero-order valence-electron chi connectivity index (χ0n) is 20.3. The van der Waals surface area contributed by atoms with Crippen LogP contribution < -0.4 is 21.0 Å². The Balaban J connectivity index is 1.79. The van der Waals surface area contributed by atoms with E-state index < -0.39 is 48.4 Å². The molecule has 1 aliphatic rings. The molecule has 1 aromatic heterocycles. The van der Waals surface area contributed by atoms with Crippen molar-refractivity contribution >= 4 is 30.2 Å². The Morgan fingerprint density at radius 3 is 2.61 bits per heavy atom. The van der Waals surface area contributed by atoms with Gasteiger partial charge in [0.05, 0.1) is 12.7 Å². The average Bonchev–Trinajstić information content (AvgIpc) is 3.01. The molecule has 1 saturated heterocycles. The Bertz CT molecular complexity index is 1160. The number of benzene rings is 1. The molecule has 198 valence electrons. The molecule has 12 nitrogen and oxygen atoms in total. The zero-order valence-corrected chi connectivity index (χ0v) is 22.0. The van der Waals surface area contributed by atoms with Crippen LogP contribution in [0.15, 0.2) is 47.4 Å². The van der Waals surface area contributed by atoms with Crippen LogP contribution in [0, 0.1) is 0 Å². The molecule has 4 unspecified atom stereocenters. The number of aromatic nitrogens is 2. The molecule has 6 atom stereocenters. The molecular weight excluding hydrogens is 511 g/mol. The van der Waals surface area contributed by atoms with Crippen molar-refractivity contribution in [3.05, 3.63) is 53.1 Å². The van der Waals surface area contributed by atoms with Gasteiger partial charge in [-0.15, -0.1) is 0 Å². The van der Waals surface area contributed by atoms with Gasteiger partial charge in [0, 0.05) is 6.20 Å². The molecule has 3 rings (SSSR count). The maximum Gasteiger partial charge on any atom is 0.351 e. The summed E-state index contributed by atoms with van der Waals surface area (Å²) in [6.45, 7) is 2.59. The quantitative estimate of drug-likeness (QED) is 0.250. The third-order valence-electron chi connectivity index (χ3n) is 5.29. The minimum absolute atomic E-state index is 0.00394. The second-order valence-electron chi connectivity index (χ2n) is 8.77. The van der Waals surface area contributed by atoms with Crippen LogP contribution in [0.1, 0.15) is 33.9 Å². The number of nitrogens with one attached hydrogen (secondary N) is 1. The van der Waals surface area contributed by atoms with E-state index >= 15 is 0 Å². The lowest BCUT2D eigenvalue weighted by Crippen LogP contribution is -2.46. The molecule has 0 saturated carbocycles. The third-order valence-corrected chi connectivity index (χ3v) is 7.79. The topological polar surface area (TPSA) is 167 Å². The Morgan fingerprint density at radius 2 is 2.00 bits per heavy atom. The molecule has 0 amide bonds. The van der Waals surface area contributed by atoms with Crippen molar-refractivity contribution in [1.29, 1.82) is 0 Å². The number of aliphatic hydroxyl groups is 2. The molecule has 2 heterocycles. The van der Waals surface area contributed by atoms with Gasteiger partial charge in [0.15, 0.2) is 6.23 Å². The highest BCUT2D eigenvalue weighted by atomic mass is 32.5. The summed E-state index contributed by atoms with van der Waals surface area (Å²) in [5.41, 5.74) is 2.90. The highest BCUT2D eigenvalue weighted by Crippen LogP contribution is 2.47. The van der Waals surface area contributed by atoms with Crippen LogP contribution in [0.2, 0.25) is 0 Å². The summed E-state index contributed by atoms with van der Waals surface area (Å²) in [5.74, 6) is -0.144. The van der Waals surface area contributed by atoms with Crippen LogP contribution in [0.25, 0.3) is 0 Å². The van der Waals surface area contributed by atoms with Crippen LogP contribution >= 0.6 is 6.64 Å².